The number of hydrogen-bond acceptors (Lipinski definition) is 4. The number of hydrogen-bond donors (Lipinski definition) is 2. The van der Waals surface area contributed by atoms with Crippen LogP contribution in [0.2, 0.25) is 0 Å². The zero-order valence-corrected chi connectivity index (χ0v) is 16.4. The molecule has 0 aliphatic rings. The van der Waals surface area contributed by atoms with Gasteiger partial charge in [-0.2, -0.15) is 11.8 Å². The summed E-state index contributed by atoms with van der Waals surface area (Å²) >= 11 is 1.82. The zero-order valence-electron chi connectivity index (χ0n) is 15.6. The second-order valence-electron chi connectivity index (χ2n) is 5.39. The highest BCUT2D eigenvalue weighted by Crippen LogP contribution is 2.23. The van der Waals surface area contributed by atoms with Gasteiger partial charge in [-0.15, -0.1) is 0 Å². The molecule has 0 saturated carbocycles. The third-order valence-electron chi connectivity index (χ3n) is 4.02. The zero-order chi connectivity index (χ0) is 17.8. The van der Waals surface area contributed by atoms with Crippen LogP contribution in [0.5, 0.6) is 5.75 Å². The highest BCUT2D eigenvalue weighted by atomic mass is 32.2. The molecule has 1 rings (SSSR count). The van der Waals surface area contributed by atoms with Crippen molar-refractivity contribution in [3.63, 3.8) is 0 Å². The van der Waals surface area contributed by atoms with E-state index in [1.807, 2.05) is 24.9 Å². The van der Waals surface area contributed by atoms with Gasteiger partial charge >= 0.3 is 0 Å². The molecule has 0 spiro atoms. The lowest BCUT2D eigenvalue weighted by Gasteiger charge is -2.31. The number of ether oxygens (including phenoxy) is 1. The maximum Gasteiger partial charge on any atom is 0.191 e. The summed E-state index contributed by atoms with van der Waals surface area (Å²) in [5.41, 5.74) is 1.25. The van der Waals surface area contributed by atoms with Crippen molar-refractivity contribution < 1.29 is 4.74 Å². The van der Waals surface area contributed by atoms with Crippen LogP contribution in [-0.4, -0.2) is 63.2 Å². The molecule has 0 aromatic heterocycles. The first-order valence-electron chi connectivity index (χ1n) is 8.51. The first-order valence-corrected chi connectivity index (χ1v) is 9.90. The third kappa shape index (κ3) is 6.61. The van der Waals surface area contributed by atoms with Gasteiger partial charge in [-0.1, -0.05) is 26.0 Å². The molecule has 136 valence electrons. The van der Waals surface area contributed by atoms with Crippen LogP contribution in [0, 0.1) is 0 Å². The lowest BCUT2D eigenvalue weighted by Crippen LogP contribution is -2.43. The molecule has 0 saturated heterocycles. The van der Waals surface area contributed by atoms with E-state index in [0.717, 1.165) is 43.6 Å². The van der Waals surface area contributed by atoms with Crippen LogP contribution in [0.15, 0.2) is 29.3 Å². The molecule has 0 aliphatic heterocycles. The Morgan fingerprint density at radius 2 is 2.04 bits per heavy atom. The number of thioether (sulfide) groups is 1. The van der Waals surface area contributed by atoms with Crippen LogP contribution in [0.4, 0.5) is 0 Å². The molecule has 0 heterocycles. The average molecular weight is 353 g/mol. The fourth-order valence-electron chi connectivity index (χ4n) is 2.66. The van der Waals surface area contributed by atoms with Crippen molar-refractivity contribution in [2.45, 2.75) is 19.9 Å². The number of nitrogens with one attached hydrogen (secondary N) is 2. The molecule has 6 heteroatoms. The molecular formula is C18H32N4OS. The normalized spacial score (nSPS) is 13.0. The maximum absolute atomic E-state index is 5.39. The predicted octanol–water partition coefficient (Wildman–Crippen LogP) is 2.61. The van der Waals surface area contributed by atoms with Gasteiger partial charge in [0, 0.05) is 25.9 Å². The van der Waals surface area contributed by atoms with Gasteiger partial charge in [-0.25, -0.2) is 0 Å². The van der Waals surface area contributed by atoms with Gasteiger partial charge in [0.25, 0.3) is 0 Å². The second kappa shape index (κ2) is 12.0. The Labute approximate surface area is 151 Å². The number of methoxy groups -OCH3 is 1. The molecule has 5 nitrogen and oxygen atoms in total. The maximum atomic E-state index is 5.39. The van der Waals surface area contributed by atoms with Crippen molar-refractivity contribution >= 4 is 17.7 Å². The smallest absolute Gasteiger partial charge is 0.191 e. The lowest BCUT2D eigenvalue weighted by atomic mass is 10.0. The Hall–Kier alpha value is -1.40. The molecule has 0 amide bonds. The van der Waals surface area contributed by atoms with E-state index in [2.05, 4.69) is 58.8 Å². The van der Waals surface area contributed by atoms with Crippen molar-refractivity contribution in [3.8, 4) is 5.75 Å². The van der Waals surface area contributed by atoms with Crippen molar-refractivity contribution in [2.75, 3.05) is 52.3 Å². The lowest BCUT2D eigenvalue weighted by molar-refractivity contribution is 0.218. The van der Waals surface area contributed by atoms with Gasteiger partial charge in [-0.05, 0) is 37.0 Å². The minimum Gasteiger partial charge on any atom is -0.497 e. The molecular weight excluding hydrogens is 320 g/mol. The quantitative estimate of drug-likeness (QED) is 0.385. The summed E-state index contributed by atoms with van der Waals surface area (Å²) in [6.45, 7) is 8.10. The molecule has 1 aromatic carbocycles. The molecule has 0 fully saturated rings. The Kier molecular flexibility index (Phi) is 10.4. The van der Waals surface area contributed by atoms with E-state index in [9.17, 15) is 0 Å². The van der Waals surface area contributed by atoms with Crippen LogP contribution in [0.1, 0.15) is 25.5 Å². The van der Waals surface area contributed by atoms with Crippen molar-refractivity contribution in [1.29, 1.82) is 0 Å². The Morgan fingerprint density at radius 1 is 1.29 bits per heavy atom. The van der Waals surface area contributed by atoms with E-state index in [1.54, 1.807) is 7.11 Å². The summed E-state index contributed by atoms with van der Waals surface area (Å²) in [5.74, 6) is 2.81. The molecule has 1 unspecified atom stereocenters. The monoisotopic (exact) mass is 352 g/mol. The molecule has 1 atom stereocenters. The molecule has 24 heavy (non-hydrogen) atoms. The number of guanidine groups is 1. The minimum atomic E-state index is 0.272. The molecule has 0 bridgehead atoms. The number of rotatable bonds is 10. The number of aliphatic imine (C=N–C) groups is 1. The van der Waals surface area contributed by atoms with Gasteiger partial charge in [0.1, 0.15) is 5.75 Å². The van der Waals surface area contributed by atoms with E-state index in [0.29, 0.717) is 0 Å². The van der Waals surface area contributed by atoms with Crippen LogP contribution in [-0.2, 0) is 0 Å². The Balaban J connectivity index is 2.82. The fourth-order valence-corrected chi connectivity index (χ4v) is 2.96. The van der Waals surface area contributed by atoms with E-state index in [4.69, 9.17) is 4.74 Å². The summed E-state index contributed by atoms with van der Waals surface area (Å²) in [7, 11) is 3.52. The second-order valence-corrected chi connectivity index (χ2v) is 6.37. The largest absolute Gasteiger partial charge is 0.497 e. The van der Waals surface area contributed by atoms with Crippen molar-refractivity contribution in [2.24, 2.45) is 4.99 Å². The van der Waals surface area contributed by atoms with Gasteiger partial charge in [0.15, 0.2) is 5.96 Å². The predicted molar refractivity (Wildman–Crippen MR) is 106 cm³/mol. The van der Waals surface area contributed by atoms with E-state index in [-0.39, 0.29) is 6.04 Å². The number of benzene rings is 1. The van der Waals surface area contributed by atoms with Gasteiger partial charge in [-0.3, -0.25) is 9.89 Å². The van der Waals surface area contributed by atoms with E-state index >= 15 is 0 Å². The van der Waals surface area contributed by atoms with Crippen LogP contribution < -0.4 is 15.4 Å². The minimum absolute atomic E-state index is 0.272. The summed E-state index contributed by atoms with van der Waals surface area (Å²) in [6, 6.07) is 8.59. The molecule has 0 radical (unpaired) electrons. The SMILES string of the molecule is CCN(CC)C(CNC(=NC)NCCSC)c1cccc(OC)c1. The topological polar surface area (TPSA) is 48.9 Å². The standard InChI is InChI=1S/C18H32N4OS/c1-6-22(7-2)17(15-9-8-10-16(13-15)23-4)14-21-18(19-3)20-11-12-24-5/h8-10,13,17H,6-7,11-12,14H2,1-5H3,(H2,19,20,21). The van der Waals surface area contributed by atoms with Gasteiger partial charge in [0.2, 0.25) is 0 Å². The van der Waals surface area contributed by atoms with Crippen molar-refractivity contribution in [3.05, 3.63) is 29.8 Å². The fraction of sp³-hybridized carbons (Fsp3) is 0.611. The van der Waals surface area contributed by atoms with Crippen LogP contribution >= 0.6 is 11.8 Å². The van der Waals surface area contributed by atoms with Gasteiger partial charge in [0.05, 0.1) is 13.2 Å². The average Bonchev–Trinajstić information content (AvgIpc) is 2.63. The van der Waals surface area contributed by atoms with Crippen LogP contribution in [0.25, 0.3) is 0 Å². The van der Waals surface area contributed by atoms with Crippen LogP contribution in [0.3, 0.4) is 0 Å². The summed E-state index contributed by atoms with van der Waals surface area (Å²) < 4.78 is 5.39. The van der Waals surface area contributed by atoms with Gasteiger partial charge < -0.3 is 15.4 Å². The first kappa shape index (κ1) is 20.6. The number of likely N-dealkylation sites (N-methyl/N-ethyl adjacent to an activating group) is 1. The molecule has 1 aromatic rings. The molecule has 2 N–H and O–H groups in total. The third-order valence-corrected chi connectivity index (χ3v) is 4.63. The summed E-state index contributed by atoms with van der Waals surface area (Å²) in [4.78, 5) is 6.75. The highest BCUT2D eigenvalue weighted by molar-refractivity contribution is 7.98. The number of nitrogens with zero attached hydrogens (tertiary/aromatic N) is 2. The van der Waals surface area contributed by atoms with E-state index < -0.39 is 0 Å². The summed E-state index contributed by atoms with van der Waals surface area (Å²) in [6.07, 6.45) is 2.11. The summed E-state index contributed by atoms with van der Waals surface area (Å²) in [5, 5.41) is 6.81. The Bertz CT molecular complexity index is 492. The first-order chi connectivity index (χ1) is 11.7. The van der Waals surface area contributed by atoms with E-state index in [1.165, 1.54) is 5.56 Å². The highest BCUT2D eigenvalue weighted by Gasteiger charge is 2.18. The van der Waals surface area contributed by atoms with Crippen molar-refractivity contribution in [1.82, 2.24) is 15.5 Å². The Morgan fingerprint density at radius 3 is 2.62 bits per heavy atom. The molecule has 0 aliphatic carbocycles.